The van der Waals surface area contributed by atoms with Crippen LogP contribution in [0.2, 0.25) is 0 Å². The van der Waals surface area contributed by atoms with Gasteiger partial charge < -0.3 is 10.1 Å². The Kier molecular flexibility index (Phi) is 5.30. The third kappa shape index (κ3) is 4.66. The van der Waals surface area contributed by atoms with Crippen molar-refractivity contribution in [3.05, 3.63) is 0 Å². The summed E-state index contributed by atoms with van der Waals surface area (Å²) < 4.78 is 5.53. The summed E-state index contributed by atoms with van der Waals surface area (Å²) in [6.07, 6.45) is 11.7. The van der Waals surface area contributed by atoms with Gasteiger partial charge in [0.05, 0.1) is 6.10 Å². The topological polar surface area (TPSA) is 38.3 Å². The highest BCUT2D eigenvalue weighted by Gasteiger charge is 2.18. The summed E-state index contributed by atoms with van der Waals surface area (Å²) in [5.74, 6) is 0.229. The second-order valence-electron chi connectivity index (χ2n) is 5.43. The average molecular weight is 239 g/mol. The summed E-state index contributed by atoms with van der Waals surface area (Å²) in [6, 6.07) is 0.439. The third-order valence-corrected chi connectivity index (χ3v) is 3.94. The van der Waals surface area contributed by atoms with Crippen molar-refractivity contribution in [2.45, 2.75) is 76.4 Å². The molecule has 0 spiro atoms. The molecule has 1 amide bonds. The summed E-state index contributed by atoms with van der Waals surface area (Å²) in [5.41, 5.74) is 0. The average Bonchev–Trinajstić information content (AvgIpc) is 2.72. The van der Waals surface area contributed by atoms with Crippen molar-refractivity contribution in [3.8, 4) is 0 Å². The van der Waals surface area contributed by atoms with Gasteiger partial charge in [0.15, 0.2) is 0 Å². The van der Waals surface area contributed by atoms with E-state index in [1.54, 1.807) is 0 Å². The van der Waals surface area contributed by atoms with Crippen LogP contribution >= 0.6 is 0 Å². The van der Waals surface area contributed by atoms with Crippen LogP contribution in [0.1, 0.15) is 64.2 Å². The van der Waals surface area contributed by atoms with Gasteiger partial charge in [-0.2, -0.15) is 0 Å². The Bertz CT molecular complexity index is 228. The van der Waals surface area contributed by atoms with E-state index in [-0.39, 0.29) is 5.91 Å². The van der Waals surface area contributed by atoms with E-state index in [2.05, 4.69) is 5.32 Å². The number of carbonyl (C=O) groups excluding carboxylic acids is 1. The number of nitrogens with one attached hydrogen (secondary N) is 1. The van der Waals surface area contributed by atoms with E-state index in [1.165, 1.54) is 38.5 Å². The van der Waals surface area contributed by atoms with Crippen molar-refractivity contribution in [3.63, 3.8) is 0 Å². The van der Waals surface area contributed by atoms with Crippen LogP contribution in [0.15, 0.2) is 0 Å². The molecule has 0 aromatic carbocycles. The first kappa shape index (κ1) is 12.9. The third-order valence-electron chi connectivity index (χ3n) is 3.94. The highest BCUT2D eigenvalue weighted by Crippen LogP contribution is 2.19. The molecular formula is C14H25NO2. The van der Waals surface area contributed by atoms with Gasteiger partial charge in [0.25, 0.3) is 0 Å². The van der Waals surface area contributed by atoms with Crippen LogP contribution in [0.25, 0.3) is 0 Å². The zero-order valence-electron chi connectivity index (χ0n) is 10.7. The Morgan fingerprint density at radius 1 is 1.06 bits per heavy atom. The van der Waals surface area contributed by atoms with Crippen molar-refractivity contribution < 1.29 is 9.53 Å². The van der Waals surface area contributed by atoms with Gasteiger partial charge in [0.2, 0.25) is 5.91 Å². The van der Waals surface area contributed by atoms with Crippen LogP contribution in [0.5, 0.6) is 0 Å². The van der Waals surface area contributed by atoms with Gasteiger partial charge in [0.1, 0.15) is 0 Å². The second kappa shape index (κ2) is 7.00. The van der Waals surface area contributed by atoms with E-state index in [4.69, 9.17) is 4.74 Å². The molecule has 2 rings (SSSR count). The lowest BCUT2D eigenvalue weighted by Gasteiger charge is -2.17. The summed E-state index contributed by atoms with van der Waals surface area (Å²) in [7, 11) is 0. The van der Waals surface area contributed by atoms with Crippen LogP contribution < -0.4 is 5.32 Å². The standard InChI is InChI=1S/C14H25NO2/c16-14(10-9-13-8-5-11-17-13)15-12-6-3-1-2-4-7-12/h12-13H,1-11H2,(H,15,16)/t13-/m0/s1. The molecule has 1 heterocycles. The normalized spacial score (nSPS) is 26.7. The van der Waals surface area contributed by atoms with Gasteiger partial charge in [-0.15, -0.1) is 0 Å². The van der Waals surface area contributed by atoms with Crippen LogP contribution in [0.3, 0.4) is 0 Å². The first-order valence-electron chi connectivity index (χ1n) is 7.25. The molecule has 3 heteroatoms. The van der Waals surface area contributed by atoms with E-state index in [0.717, 1.165) is 25.9 Å². The monoisotopic (exact) mass is 239 g/mol. The van der Waals surface area contributed by atoms with Crippen molar-refractivity contribution in [2.75, 3.05) is 6.61 Å². The Balaban J connectivity index is 1.61. The maximum Gasteiger partial charge on any atom is 0.220 e. The molecule has 2 aliphatic rings. The summed E-state index contributed by atoms with van der Waals surface area (Å²) in [5, 5.41) is 3.19. The van der Waals surface area contributed by atoms with Gasteiger partial charge in [-0.25, -0.2) is 0 Å². The molecule has 0 radical (unpaired) electrons. The van der Waals surface area contributed by atoms with E-state index in [0.29, 0.717) is 18.6 Å². The van der Waals surface area contributed by atoms with E-state index in [1.807, 2.05) is 0 Å². The molecule has 1 aliphatic carbocycles. The molecule has 0 unspecified atom stereocenters. The smallest absolute Gasteiger partial charge is 0.220 e. The minimum atomic E-state index is 0.229. The minimum absolute atomic E-state index is 0.229. The Labute approximate surface area is 104 Å². The molecule has 0 aromatic rings. The predicted molar refractivity (Wildman–Crippen MR) is 67.8 cm³/mol. The molecule has 98 valence electrons. The number of rotatable bonds is 4. The SMILES string of the molecule is O=C(CC[C@@H]1CCCO1)NC1CCCCCC1. The fourth-order valence-corrected chi connectivity index (χ4v) is 2.89. The number of hydrogen-bond donors (Lipinski definition) is 1. The van der Waals surface area contributed by atoms with Crippen molar-refractivity contribution >= 4 is 5.91 Å². The minimum Gasteiger partial charge on any atom is -0.378 e. The lowest BCUT2D eigenvalue weighted by Crippen LogP contribution is -2.34. The molecule has 1 aliphatic heterocycles. The fourth-order valence-electron chi connectivity index (χ4n) is 2.89. The van der Waals surface area contributed by atoms with E-state index >= 15 is 0 Å². The summed E-state index contributed by atoms with van der Waals surface area (Å²) in [6.45, 7) is 0.884. The van der Waals surface area contributed by atoms with Crippen molar-refractivity contribution in [2.24, 2.45) is 0 Å². The first-order chi connectivity index (χ1) is 8.34. The van der Waals surface area contributed by atoms with Crippen LogP contribution in [-0.4, -0.2) is 24.7 Å². The van der Waals surface area contributed by atoms with E-state index in [9.17, 15) is 4.79 Å². The van der Waals surface area contributed by atoms with Gasteiger partial charge in [-0.05, 0) is 32.1 Å². The lowest BCUT2D eigenvalue weighted by molar-refractivity contribution is -0.122. The maximum atomic E-state index is 11.8. The molecule has 3 nitrogen and oxygen atoms in total. The molecular weight excluding hydrogens is 214 g/mol. The number of carbonyl (C=O) groups is 1. The van der Waals surface area contributed by atoms with Gasteiger partial charge in [-0.3, -0.25) is 4.79 Å². The van der Waals surface area contributed by atoms with E-state index < -0.39 is 0 Å². The Hall–Kier alpha value is -0.570. The Morgan fingerprint density at radius 3 is 2.47 bits per heavy atom. The first-order valence-corrected chi connectivity index (χ1v) is 7.25. The Morgan fingerprint density at radius 2 is 1.82 bits per heavy atom. The molecule has 17 heavy (non-hydrogen) atoms. The summed E-state index contributed by atoms with van der Waals surface area (Å²) >= 11 is 0. The fraction of sp³-hybridized carbons (Fsp3) is 0.929. The number of ether oxygens (including phenoxy) is 1. The maximum absolute atomic E-state index is 11.8. The molecule has 2 fully saturated rings. The molecule has 0 aromatic heterocycles. The quantitative estimate of drug-likeness (QED) is 0.766. The van der Waals surface area contributed by atoms with Gasteiger partial charge >= 0.3 is 0 Å². The van der Waals surface area contributed by atoms with Crippen LogP contribution in [0, 0.1) is 0 Å². The molecule has 1 atom stereocenters. The molecule has 1 N–H and O–H groups in total. The van der Waals surface area contributed by atoms with Gasteiger partial charge in [0, 0.05) is 19.1 Å². The predicted octanol–water partition coefficient (Wildman–Crippen LogP) is 2.78. The van der Waals surface area contributed by atoms with Crippen LogP contribution in [-0.2, 0) is 9.53 Å². The second-order valence-corrected chi connectivity index (χ2v) is 5.43. The van der Waals surface area contributed by atoms with Gasteiger partial charge in [-0.1, -0.05) is 25.7 Å². The lowest BCUT2D eigenvalue weighted by atomic mass is 10.1. The molecule has 1 saturated carbocycles. The van der Waals surface area contributed by atoms with Crippen LogP contribution in [0.4, 0.5) is 0 Å². The highest BCUT2D eigenvalue weighted by molar-refractivity contribution is 5.76. The van der Waals surface area contributed by atoms with Crippen molar-refractivity contribution in [1.29, 1.82) is 0 Å². The number of amides is 1. The number of hydrogen-bond acceptors (Lipinski definition) is 2. The molecule has 1 saturated heterocycles. The highest BCUT2D eigenvalue weighted by atomic mass is 16.5. The zero-order valence-corrected chi connectivity index (χ0v) is 10.7. The largest absolute Gasteiger partial charge is 0.378 e. The molecule has 0 bridgehead atoms. The van der Waals surface area contributed by atoms with Crippen molar-refractivity contribution in [1.82, 2.24) is 5.32 Å². The summed E-state index contributed by atoms with van der Waals surface area (Å²) in [4.78, 5) is 11.8. The zero-order chi connectivity index (χ0) is 11.9.